The largest absolute Gasteiger partial charge is 0.458 e. The SMILES string of the molecule is CC(C)(C)OC(=O)C1(Cc2ccccc2)CCN1C(=O)OCc1ccccc1. The molecule has 1 fully saturated rings. The Balaban J connectivity index is 1.78. The van der Waals surface area contributed by atoms with E-state index >= 15 is 0 Å². The van der Waals surface area contributed by atoms with Crippen LogP contribution in [0.2, 0.25) is 0 Å². The van der Waals surface area contributed by atoms with Crippen LogP contribution in [0.15, 0.2) is 60.7 Å². The fourth-order valence-electron chi connectivity index (χ4n) is 3.33. The molecule has 1 saturated heterocycles. The fourth-order valence-corrected chi connectivity index (χ4v) is 3.33. The summed E-state index contributed by atoms with van der Waals surface area (Å²) in [6.07, 6.45) is 0.470. The van der Waals surface area contributed by atoms with Crippen LogP contribution in [0.1, 0.15) is 38.3 Å². The molecule has 1 aliphatic rings. The van der Waals surface area contributed by atoms with Gasteiger partial charge in [-0.2, -0.15) is 0 Å². The van der Waals surface area contributed by atoms with Gasteiger partial charge in [-0.25, -0.2) is 9.59 Å². The number of hydrogen-bond acceptors (Lipinski definition) is 4. The summed E-state index contributed by atoms with van der Waals surface area (Å²) in [6.45, 7) is 6.14. The molecule has 3 rings (SSSR count). The highest BCUT2D eigenvalue weighted by atomic mass is 16.6. The highest BCUT2D eigenvalue weighted by Crippen LogP contribution is 2.37. The Morgan fingerprint density at radius 2 is 1.54 bits per heavy atom. The first-order chi connectivity index (χ1) is 13.3. The monoisotopic (exact) mass is 381 g/mol. The topological polar surface area (TPSA) is 55.8 Å². The van der Waals surface area contributed by atoms with Gasteiger partial charge in [0.25, 0.3) is 0 Å². The Labute approximate surface area is 166 Å². The van der Waals surface area contributed by atoms with Crippen molar-refractivity contribution in [3.05, 3.63) is 71.8 Å². The lowest BCUT2D eigenvalue weighted by molar-refractivity contribution is -0.177. The molecule has 1 unspecified atom stereocenters. The first kappa shape index (κ1) is 19.9. The van der Waals surface area contributed by atoms with Gasteiger partial charge in [-0.15, -0.1) is 0 Å². The number of amides is 1. The third-order valence-electron chi connectivity index (χ3n) is 4.81. The summed E-state index contributed by atoms with van der Waals surface area (Å²) in [5.74, 6) is -0.383. The van der Waals surface area contributed by atoms with Gasteiger partial charge in [-0.05, 0) is 38.3 Å². The third-order valence-corrected chi connectivity index (χ3v) is 4.81. The van der Waals surface area contributed by atoms with Crippen molar-refractivity contribution >= 4 is 12.1 Å². The lowest BCUT2D eigenvalue weighted by atomic mass is 9.79. The molecule has 0 bridgehead atoms. The molecule has 148 valence electrons. The van der Waals surface area contributed by atoms with Crippen LogP contribution in [0.3, 0.4) is 0 Å². The van der Waals surface area contributed by atoms with E-state index in [1.54, 1.807) is 0 Å². The van der Waals surface area contributed by atoms with Crippen LogP contribution in [-0.4, -0.2) is 34.6 Å². The van der Waals surface area contributed by atoms with Crippen LogP contribution in [0.4, 0.5) is 4.79 Å². The third kappa shape index (κ3) is 4.53. The van der Waals surface area contributed by atoms with Crippen LogP contribution >= 0.6 is 0 Å². The molecule has 0 N–H and O–H groups in total. The van der Waals surface area contributed by atoms with Gasteiger partial charge >= 0.3 is 12.1 Å². The molecule has 1 heterocycles. The molecule has 2 aromatic rings. The van der Waals surface area contributed by atoms with E-state index in [0.29, 0.717) is 19.4 Å². The normalized spacial score (nSPS) is 18.9. The van der Waals surface area contributed by atoms with Crippen molar-refractivity contribution < 1.29 is 19.1 Å². The van der Waals surface area contributed by atoms with Gasteiger partial charge in [-0.1, -0.05) is 60.7 Å². The van der Waals surface area contributed by atoms with Crippen LogP contribution in [0.5, 0.6) is 0 Å². The summed E-state index contributed by atoms with van der Waals surface area (Å²) in [5.41, 5.74) is 0.231. The molecule has 1 atom stereocenters. The summed E-state index contributed by atoms with van der Waals surface area (Å²) in [6, 6.07) is 19.2. The highest BCUT2D eigenvalue weighted by molar-refractivity contribution is 5.88. The fraction of sp³-hybridized carbons (Fsp3) is 0.391. The van der Waals surface area contributed by atoms with E-state index in [4.69, 9.17) is 9.47 Å². The van der Waals surface area contributed by atoms with E-state index in [-0.39, 0.29) is 12.6 Å². The van der Waals surface area contributed by atoms with Crippen molar-refractivity contribution in [2.45, 2.75) is 51.4 Å². The summed E-state index contributed by atoms with van der Waals surface area (Å²) in [5, 5.41) is 0. The zero-order chi connectivity index (χ0) is 20.2. The second-order valence-electron chi connectivity index (χ2n) is 8.14. The van der Waals surface area contributed by atoms with Crippen LogP contribution in [0.25, 0.3) is 0 Å². The number of rotatable bonds is 5. The van der Waals surface area contributed by atoms with Gasteiger partial charge in [0, 0.05) is 13.0 Å². The first-order valence-electron chi connectivity index (χ1n) is 9.56. The molecule has 0 aliphatic carbocycles. The van der Waals surface area contributed by atoms with E-state index in [1.165, 1.54) is 4.90 Å². The van der Waals surface area contributed by atoms with Gasteiger partial charge in [0.2, 0.25) is 0 Å². The zero-order valence-corrected chi connectivity index (χ0v) is 16.7. The molecule has 1 amide bonds. The Hall–Kier alpha value is -2.82. The van der Waals surface area contributed by atoms with E-state index in [9.17, 15) is 9.59 Å². The molecular weight excluding hydrogens is 354 g/mol. The minimum atomic E-state index is -1.03. The average Bonchev–Trinajstić information content (AvgIpc) is 2.63. The number of nitrogens with zero attached hydrogens (tertiary/aromatic N) is 1. The van der Waals surface area contributed by atoms with Gasteiger partial charge in [0.05, 0.1) is 0 Å². The molecule has 5 nitrogen and oxygen atoms in total. The minimum absolute atomic E-state index is 0.173. The number of carbonyl (C=O) groups is 2. The summed E-state index contributed by atoms with van der Waals surface area (Å²) in [7, 11) is 0. The van der Waals surface area contributed by atoms with E-state index in [2.05, 4.69) is 0 Å². The Morgan fingerprint density at radius 1 is 0.964 bits per heavy atom. The lowest BCUT2D eigenvalue weighted by Gasteiger charge is -2.50. The number of likely N-dealkylation sites (tertiary alicyclic amines) is 1. The van der Waals surface area contributed by atoms with Crippen molar-refractivity contribution in [2.24, 2.45) is 0 Å². The highest BCUT2D eigenvalue weighted by Gasteiger charge is 2.56. The van der Waals surface area contributed by atoms with Crippen LogP contribution < -0.4 is 0 Å². The maximum Gasteiger partial charge on any atom is 0.411 e. The maximum atomic E-state index is 13.1. The van der Waals surface area contributed by atoms with Crippen molar-refractivity contribution in [3.8, 4) is 0 Å². The van der Waals surface area contributed by atoms with Crippen LogP contribution in [-0.2, 0) is 27.3 Å². The standard InChI is InChI=1S/C23H27NO4/c1-22(2,3)28-20(25)23(16-18-10-6-4-7-11-18)14-15-24(23)21(26)27-17-19-12-8-5-9-13-19/h4-13H,14-17H2,1-3H3. The maximum absolute atomic E-state index is 13.1. The molecule has 2 aromatic carbocycles. The second-order valence-corrected chi connectivity index (χ2v) is 8.14. The first-order valence-corrected chi connectivity index (χ1v) is 9.56. The van der Waals surface area contributed by atoms with E-state index in [0.717, 1.165) is 11.1 Å². The van der Waals surface area contributed by atoms with Gasteiger partial charge < -0.3 is 9.47 Å². The predicted molar refractivity (Wildman–Crippen MR) is 107 cm³/mol. The Morgan fingerprint density at radius 3 is 2.04 bits per heavy atom. The van der Waals surface area contributed by atoms with Crippen LogP contribution in [0, 0.1) is 0 Å². The second kappa shape index (κ2) is 8.05. The number of hydrogen-bond donors (Lipinski definition) is 0. The van der Waals surface area contributed by atoms with E-state index < -0.39 is 17.2 Å². The molecule has 0 radical (unpaired) electrons. The molecule has 1 aliphatic heterocycles. The molecule has 28 heavy (non-hydrogen) atoms. The Kier molecular flexibility index (Phi) is 5.73. The molecular formula is C23H27NO4. The molecule has 0 aromatic heterocycles. The summed E-state index contributed by atoms with van der Waals surface area (Å²) < 4.78 is 11.2. The smallest absolute Gasteiger partial charge is 0.411 e. The van der Waals surface area contributed by atoms with Crippen molar-refractivity contribution in [3.63, 3.8) is 0 Å². The van der Waals surface area contributed by atoms with E-state index in [1.807, 2.05) is 81.4 Å². The number of esters is 1. The minimum Gasteiger partial charge on any atom is -0.458 e. The zero-order valence-electron chi connectivity index (χ0n) is 16.7. The van der Waals surface area contributed by atoms with Crippen molar-refractivity contribution in [1.82, 2.24) is 4.90 Å². The summed E-state index contributed by atoms with van der Waals surface area (Å²) >= 11 is 0. The van der Waals surface area contributed by atoms with Crippen molar-refractivity contribution in [2.75, 3.05) is 6.54 Å². The van der Waals surface area contributed by atoms with Gasteiger partial charge in [-0.3, -0.25) is 4.90 Å². The number of carbonyl (C=O) groups excluding carboxylic acids is 2. The Bertz CT molecular complexity index is 814. The average molecular weight is 381 g/mol. The molecule has 0 saturated carbocycles. The number of ether oxygens (including phenoxy) is 2. The molecule has 0 spiro atoms. The lowest BCUT2D eigenvalue weighted by Crippen LogP contribution is -2.68. The van der Waals surface area contributed by atoms with Gasteiger partial charge in [0.1, 0.15) is 17.7 Å². The predicted octanol–water partition coefficient (Wildman–Crippen LogP) is 4.35. The van der Waals surface area contributed by atoms with Crippen molar-refractivity contribution in [1.29, 1.82) is 0 Å². The summed E-state index contributed by atoms with van der Waals surface area (Å²) in [4.78, 5) is 27.4. The van der Waals surface area contributed by atoms with Gasteiger partial charge in [0.15, 0.2) is 0 Å². The quantitative estimate of drug-likeness (QED) is 0.723. The number of benzene rings is 2. The molecule has 5 heteroatoms.